The molecule has 1 saturated carbocycles. The second-order valence-corrected chi connectivity index (χ2v) is 5.58. The molecular formula is C13H14N4OS. The maximum absolute atomic E-state index is 12.0. The third kappa shape index (κ3) is 2.78. The van der Waals surface area contributed by atoms with Crippen LogP contribution in [0.15, 0.2) is 24.4 Å². The van der Waals surface area contributed by atoms with Gasteiger partial charge >= 0.3 is 0 Å². The van der Waals surface area contributed by atoms with E-state index in [0.29, 0.717) is 5.13 Å². The van der Waals surface area contributed by atoms with Crippen molar-refractivity contribution in [1.29, 1.82) is 0 Å². The fourth-order valence-corrected chi connectivity index (χ4v) is 2.99. The average molecular weight is 274 g/mol. The Morgan fingerprint density at radius 2 is 2.11 bits per heavy atom. The quantitative estimate of drug-likeness (QED) is 0.934. The standard InChI is InChI=1S/C13H14N4OS/c18-11(9-5-1-2-6-9)15-13-17-16-12(19-13)10-7-3-4-8-14-10/h3-4,7-9H,1-2,5-6H2,(H,15,17,18). The molecule has 0 spiro atoms. The third-order valence-electron chi connectivity index (χ3n) is 3.27. The van der Waals surface area contributed by atoms with Gasteiger partial charge in [0.15, 0.2) is 5.01 Å². The van der Waals surface area contributed by atoms with Gasteiger partial charge in [-0.05, 0) is 25.0 Å². The van der Waals surface area contributed by atoms with Crippen molar-refractivity contribution in [2.24, 2.45) is 5.92 Å². The van der Waals surface area contributed by atoms with E-state index in [1.165, 1.54) is 11.3 Å². The van der Waals surface area contributed by atoms with Crippen molar-refractivity contribution >= 4 is 22.4 Å². The van der Waals surface area contributed by atoms with Crippen molar-refractivity contribution < 1.29 is 4.79 Å². The van der Waals surface area contributed by atoms with E-state index in [0.717, 1.165) is 36.4 Å². The summed E-state index contributed by atoms with van der Waals surface area (Å²) in [6, 6.07) is 5.64. The minimum atomic E-state index is 0.0706. The molecule has 1 aliphatic carbocycles. The van der Waals surface area contributed by atoms with Crippen LogP contribution in [-0.4, -0.2) is 21.1 Å². The number of nitrogens with one attached hydrogen (secondary N) is 1. The van der Waals surface area contributed by atoms with Gasteiger partial charge in [-0.25, -0.2) is 0 Å². The SMILES string of the molecule is O=C(Nc1nnc(-c2ccccn2)s1)C1CCCC1. The topological polar surface area (TPSA) is 67.8 Å². The molecule has 1 amide bonds. The minimum absolute atomic E-state index is 0.0706. The summed E-state index contributed by atoms with van der Waals surface area (Å²) in [4.78, 5) is 16.2. The lowest BCUT2D eigenvalue weighted by Crippen LogP contribution is -2.20. The summed E-state index contributed by atoms with van der Waals surface area (Å²) in [5.41, 5.74) is 0.779. The molecule has 6 heteroatoms. The van der Waals surface area contributed by atoms with Gasteiger partial charge in [0.1, 0.15) is 5.69 Å². The molecule has 1 aliphatic rings. The Balaban J connectivity index is 1.70. The molecule has 5 nitrogen and oxygen atoms in total. The van der Waals surface area contributed by atoms with Crippen LogP contribution in [0.25, 0.3) is 10.7 Å². The number of amides is 1. The Labute approximate surface area is 115 Å². The van der Waals surface area contributed by atoms with Gasteiger partial charge in [-0.1, -0.05) is 30.2 Å². The van der Waals surface area contributed by atoms with E-state index in [2.05, 4.69) is 20.5 Å². The summed E-state index contributed by atoms with van der Waals surface area (Å²) in [5, 5.41) is 12.2. The first-order valence-electron chi connectivity index (χ1n) is 6.39. The molecule has 0 bridgehead atoms. The van der Waals surface area contributed by atoms with Crippen molar-refractivity contribution in [1.82, 2.24) is 15.2 Å². The molecule has 0 saturated heterocycles. The lowest BCUT2D eigenvalue weighted by atomic mass is 10.1. The number of carbonyl (C=O) groups excluding carboxylic acids is 1. The highest BCUT2D eigenvalue weighted by molar-refractivity contribution is 7.18. The Kier molecular flexibility index (Phi) is 3.50. The molecule has 0 aromatic carbocycles. The van der Waals surface area contributed by atoms with Crippen LogP contribution >= 0.6 is 11.3 Å². The van der Waals surface area contributed by atoms with Gasteiger partial charge < -0.3 is 5.32 Å². The van der Waals surface area contributed by atoms with E-state index in [9.17, 15) is 4.79 Å². The van der Waals surface area contributed by atoms with Gasteiger partial charge in [0.25, 0.3) is 0 Å². The summed E-state index contributed by atoms with van der Waals surface area (Å²) >= 11 is 1.36. The fraction of sp³-hybridized carbons (Fsp3) is 0.385. The first kappa shape index (κ1) is 12.2. The van der Waals surface area contributed by atoms with Crippen molar-refractivity contribution in [3.63, 3.8) is 0 Å². The summed E-state index contributed by atoms with van der Waals surface area (Å²) < 4.78 is 0. The smallest absolute Gasteiger partial charge is 0.229 e. The summed E-state index contributed by atoms with van der Waals surface area (Å²) in [6.07, 6.45) is 5.98. The Morgan fingerprint density at radius 3 is 2.84 bits per heavy atom. The van der Waals surface area contributed by atoms with Crippen molar-refractivity contribution in [2.45, 2.75) is 25.7 Å². The average Bonchev–Trinajstić information content (AvgIpc) is 3.11. The van der Waals surface area contributed by atoms with E-state index in [1.807, 2.05) is 18.2 Å². The predicted octanol–water partition coefficient (Wildman–Crippen LogP) is 2.73. The van der Waals surface area contributed by atoms with Crippen LogP contribution in [0.2, 0.25) is 0 Å². The summed E-state index contributed by atoms with van der Waals surface area (Å²) in [6.45, 7) is 0. The number of hydrogen-bond acceptors (Lipinski definition) is 5. The van der Waals surface area contributed by atoms with E-state index in [-0.39, 0.29) is 11.8 Å². The van der Waals surface area contributed by atoms with Gasteiger partial charge in [-0.2, -0.15) is 0 Å². The van der Waals surface area contributed by atoms with E-state index in [1.54, 1.807) is 6.20 Å². The molecule has 2 heterocycles. The van der Waals surface area contributed by atoms with Crippen LogP contribution in [0.1, 0.15) is 25.7 Å². The number of aromatic nitrogens is 3. The van der Waals surface area contributed by atoms with Crippen molar-refractivity contribution in [3.8, 4) is 10.7 Å². The number of rotatable bonds is 3. The Hall–Kier alpha value is -1.82. The van der Waals surface area contributed by atoms with Crippen LogP contribution in [0.5, 0.6) is 0 Å². The van der Waals surface area contributed by atoms with Gasteiger partial charge in [-0.15, -0.1) is 10.2 Å². The molecular weight excluding hydrogens is 260 g/mol. The molecule has 1 N–H and O–H groups in total. The largest absolute Gasteiger partial charge is 0.300 e. The molecule has 0 radical (unpaired) electrons. The molecule has 3 rings (SSSR count). The molecule has 0 atom stereocenters. The Morgan fingerprint density at radius 1 is 1.26 bits per heavy atom. The van der Waals surface area contributed by atoms with Crippen molar-refractivity contribution in [2.75, 3.05) is 5.32 Å². The second kappa shape index (κ2) is 5.44. The number of carbonyl (C=O) groups is 1. The highest BCUT2D eigenvalue weighted by Gasteiger charge is 2.23. The maximum Gasteiger partial charge on any atom is 0.229 e. The number of pyridine rings is 1. The Bertz CT molecular complexity index is 563. The van der Waals surface area contributed by atoms with E-state index in [4.69, 9.17) is 0 Å². The lowest BCUT2D eigenvalue weighted by molar-refractivity contribution is -0.119. The lowest BCUT2D eigenvalue weighted by Gasteiger charge is -2.06. The van der Waals surface area contributed by atoms with Gasteiger partial charge in [-0.3, -0.25) is 9.78 Å². The number of hydrogen-bond donors (Lipinski definition) is 1. The van der Waals surface area contributed by atoms with Crippen LogP contribution in [0, 0.1) is 5.92 Å². The van der Waals surface area contributed by atoms with Crippen LogP contribution < -0.4 is 5.32 Å². The molecule has 98 valence electrons. The normalized spacial score (nSPS) is 15.6. The number of nitrogens with zero attached hydrogens (tertiary/aromatic N) is 3. The van der Waals surface area contributed by atoms with E-state index < -0.39 is 0 Å². The first-order valence-corrected chi connectivity index (χ1v) is 7.20. The zero-order chi connectivity index (χ0) is 13.1. The van der Waals surface area contributed by atoms with Crippen molar-refractivity contribution in [3.05, 3.63) is 24.4 Å². The summed E-state index contributed by atoms with van der Waals surface area (Å²) in [7, 11) is 0. The monoisotopic (exact) mass is 274 g/mol. The van der Waals surface area contributed by atoms with Gasteiger partial charge in [0, 0.05) is 12.1 Å². The number of anilines is 1. The van der Waals surface area contributed by atoms with E-state index >= 15 is 0 Å². The predicted molar refractivity (Wildman–Crippen MR) is 73.7 cm³/mol. The first-order chi connectivity index (χ1) is 9.33. The minimum Gasteiger partial charge on any atom is -0.300 e. The molecule has 0 unspecified atom stereocenters. The molecule has 2 aromatic heterocycles. The molecule has 2 aromatic rings. The second-order valence-electron chi connectivity index (χ2n) is 4.60. The zero-order valence-electron chi connectivity index (χ0n) is 10.4. The fourth-order valence-electron chi connectivity index (χ4n) is 2.26. The van der Waals surface area contributed by atoms with Crippen LogP contribution in [-0.2, 0) is 4.79 Å². The highest BCUT2D eigenvalue weighted by atomic mass is 32.1. The zero-order valence-corrected chi connectivity index (χ0v) is 11.2. The third-order valence-corrected chi connectivity index (χ3v) is 4.13. The van der Waals surface area contributed by atoms with Crippen LogP contribution in [0.3, 0.4) is 0 Å². The molecule has 1 fully saturated rings. The highest BCUT2D eigenvalue weighted by Crippen LogP contribution is 2.28. The summed E-state index contributed by atoms with van der Waals surface area (Å²) in [5.74, 6) is 0.212. The van der Waals surface area contributed by atoms with Gasteiger partial charge in [0.2, 0.25) is 11.0 Å². The molecule has 19 heavy (non-hydrogen) atoms. The molecule has 0 aliphatic heterocycles. The van der Waals surface area contributed by atoms with Gasteiger partial charge in [0.05, 0.1) is 0 Å². The van der Waals surface area contributed by atoms with Crippen LogP contribution in [0.4, 0.5) is 5.13 Å². The maximum atomic E-state index is 12.0.